The molecule has 0 saturated heterocycles. The molecule has 0 aliphatic heterocycles. The molecule has 31 heavy (non-hydrogen) atoms. The quantitative estimate of drug-likeness (QED) is 0.423. The first-order valence-corrected chi connectivity index (χ1v) is 11.1. The molecule has 6 heteroatoms. The third-order valence-electron chi connectivity index (χ3n) is 5.53. The van der Waals surface area contributed by atoms with Gasteiger partial charge in [0.05, 0.1) is 11.4 Å². The average Bonchev–Trinajstić information content (AvgIpc) is 3.12. The van der Waals surface area contributed by atoms with Crippen LogP contribution in [0.3, 0.4) is 0 Å². The van der Waals surface area contributed by atoms with Crippen molar-refractivity contribution in [2.24, 2.45) is 0 Å². The zero-order valence-corrected chi connectivity index (χ0v) is 18.3. The normalized spacial score (nSPS) is 11.5. The first-order chi connectivity index (χ1) is 15.2. The second-order valence-electron chi connectivity index (χ2n) is 7.78. The van der Waals surface area contributed by atoms with Crippen molar-refractivity contribution in [3.05, 3.63) is 61.1 Å². The third kappa shape index (κ3) is 4.44. The van der Waals surface area contributed by atoms with Crippen molar-refractivity contribution in [1.29, 1.82) is 0 Å². The smallest absolute Gasteiger partial charge is 0.143 e. The van der Waals surface area contributed by atoms with Crippen LogP contribution in [0.4, 0.5) is 5.82 Å². The van der Waals surface area contributed by atoms with E-state index in [1.807, 2.05) is 18.2 Å². The van der Waals surface area contributed by atoms with Crippen molar-refractivity contribution >= 4 is 16.9 Å². The topological polar surface area (TPSA) is 72.9 Å². The van der Waals surface area contributed by atoms with Gasteiger partial charge in [-0.05, 0) is 49.7 Å². The molecule has 0 aliphatic carbocycles. The zero-order valence-electron chi connectivity index (χ0n) is 18.3. The highest BCUT2D eigenvalue weighted by Gasteiger charge is 2.22. The standard InChI is InChI=1S/C25H30N6/c1-3-14-30(15-4-2)16-17-31-24(19-8-6-5-7-9-19)23(21-12-13-27-18-28-21)20-10-11-22(26)29-25(20)31/h5-13,18H,3-4,14-17H2,1-2H3,(H2,26,29). The van der Waals surface area contributed by atoms with Crippen LogP contribution in [-0.4, -0.2) is 44.1 Å². The van der Waals surface area contributed by atoms with Gasteiger partial charge in [0.15, 0.2) is 0 Å². The number of aromatic nitrogens is 4. The van der Waals surface area contributed by atoms with Crippen LogP contribution >= 0.6 is 0 Å². The molecule has 0 saturated carbocycles. The maximum absolute atomic E-state index is 6.12. The average molecular weight is 415 g/mol. The summed E-state index contributed by atoms with van der Waals surface area (Å²) in [5, 5.41) is 1.06. The summed E-state index contributed by atoms with van der Waals surface area (Å²) >= 11 is 0. The molecule has 1 aromatic carbocycles. The van der Waals surface area contributed by atoms with Crippen molar-refractivity contribution in [3.8, 4) is 22.5 Å². The SMILES string of the molecule is CCCN(CCC)CCn1c(-c2ccccc2)c(-c2ccncn2)c2ccc(N)nc21. The predicted molar refractivity (Wildman–Crippen MR) is 128 cm³/mol. The Morgan fingerprint density at radius 3 is 2.39 bits per heavy atom. The fourth-order valence-corrected chi connectivity index (χ4v) is 4.25. The van der Waals surface area contributed by atoms with E-state index in [9.17, 15) is 0 Å². The Bertz CT molecular complexity index is 1120. The van der Waals surface area contributed by atoms with Crippen LogP contribution in [0, 0.1) is 0 Å². The van der Waals surface area contributed by atoms with Gasteiger partial charge in [0.2, 0.25) is 0 Å². The van der Waals surface area contributed by atoms with Gasteiger partial charge in [-0.15, -0.1) is 0 Å². The summed E-state index contributed by atoms with van der Waals surface area (Å²) < 4.78 is 2.32. The van der Waals surface area contributed by atoms with Gasteiger partial charge >= 0.3 is 0 Å². The number of hydrogen-bond acceptors (Lipinski definition) is 5. The van der Waals surface area contributed by atoms with E-state index < -0.39 is 0 Å². The van der Waals surface area contributed by atoms with Crippen molar-refractivity contribution in [1.82, 2.24) is 24.4 Å². The molecule has 3 heterocycles. The molecule has 0 fully saturated rings. The molecule has 4 rings (SSSR count). The van der Waals surface area contributed by atoms with Gasteiger partial charge in [-0.3, -0.25) is 0 Å². The predicted octanol–water partition coefficient (Wildman–Crippen LogP) is 4.86. The Kier molecular flexibility index (Phi) is 6.57. The first kappa shape index (κ1) is 21.0. The van der Waals surface area contributed by atoms with Gasteiger partial charge in [0, 0.05) is 30.2 Å². The van der Waals surface area contributed by atoms with E-state index in [4.69, 9.17) is 10.7 Å². The highest BCUT2D eigenvalue weighted by molar-refractivity contribution is 6.02. The summed E-state index contributed by atoms with van der Waals surface area (Å²) in [6.07, 6.45) is 5.68. The summed E-state index contributed by atoms with van der Waals surface area (Å²) in [5.74, 6) is 0.527. The molecule has 0 amide bonds. The maximum atomic E-state index is 6.12. The minimum Gasteiger partial charge on any atom is -0.384 e. The Labute approximate surface area is 183 Å². The molecular formula is C25H30N6. The molecule has 6 nitrogen and oxygen atoms in total. The van der Waals surface area contributed by atoms with Gasteiger partial charge in [0.1, 0.15) is 17.8 Å². The largest absolute Gasteiger partial charge is 0.384 e. The van der Waals surface area contributed by atoms with Crippen LogP contribution in [0.15, 0.2) is 61.1 Å². The number of nitrogens with zero attached hydrogens (tertiary/aromatic N) is 5. The van der Waals surface area contributed by atoms with Crippen molar-refractivity contribution in [2.45, 2.75) is 33.2 Å². The van der Waals surface area contributed by atoms with Crippen LogP contribution in [0.25, 0.3) is 33.5 Å². The fourth-order valence-electron chi connectivity index (χ4n) is 4.25. The Morgan fingerprint density at radius 2 is 1.71 bits per heavy atom. The number of fused-ring (bicyclic) bond motifs is 1. The monoisotopic (exact) mass is 414 g/mol. The van der Waals surface area contributed by atoms with E-state index in [2.05, 4.69) is 63.6 Å². The molecule has 0 atom stereocenters. The van der Waals surface area contributed by atoms with Gasteiger partial charge in [0.25, 0.3) is 0 Å². The van der Waals surface area contributed by atoms with Crippen LogP contribution in [0.2, 0.25) is 0 Å². The molecule has 0 bridgehead atoms. The van der Waals surface area contributed by atoms with Crippen LogP contribution in [0.1, 0.15) is 26.7 Å². The summed E-state index contributed by atoms with van der Waals surface area (Å²) in [4.78, 5) is 16.0. The van der Waals surface area contributed by atoms with Crippen LogP contribution in [-0.2, 0) is 6.54 Å². The Morgan fingerprint density at radius 1 is 0.935 bits per heavy atom. The number of pyridine rings is 1. The lowest BCUT2D eigenvalue weighted by Gasteiger charge is -2.22. The molecule has 4 aromatic rings. The number of nitrogen functional groups attached to an aromatic ring is 1. The van der Waals surface area contributed by atoms with E-state index >= 15 is 0 Å². The second kappa shape index (κ2) is 9.71. The summed E-state index contributed by atoms with van der Waals surface area (Å²) in [7, 11) is 0. The number of rotatable bonds is 9. The molecule has 0 spiro atoms. The highest BCUT2D eigenvalue weighted by Crippen LogP contribution is 2.39. The van der Waals surface area contributed by atoms with Crippen molar-refractivity contribution < 1.29 is 0 Å². The van der Waals surface area contributed by atoms with Crippen molar-refractivity contribution in [2.75, 3.05) is 25.4 Å². The number of anilines is 1. The third-order valence-corrected chi connectivity index (χ3v) is 5.53. The molecule has 0 aliphatic rings. The van der Waals surface area contributed by atoms with E-state index in [1.54, 1.807) is 12.5 Å². The molecule has 0 radical (unpaired) electrons. The summed E-state index contributed by atoms with van der Waals surface area (Å²) in [6.45, 7) is 8.47. The first-order valence-electron chi connectivity index (χ1n) is 11.1. The fraction of sp³-hybridized carbons (Fsp3) is 0.320. The molecule has 2 N–H and O–H groups in total. The number of benzene rings is 1. The van der Waals surface area contributed by atoms with Gasteiger partial charge < -0.3 is 15.2 Å². The zero-order chi connectivity index (χ0) is 21.6. The molecule has 160 valence electrons. The Balaban J connectivity index is 1.92. The van der Waals surface area contributed by atoms with Gasteiger partial charge in [-0.1, -0.05) is 44.2 Å². The second-order valence-corrected chi connectivity index (χ2v) is 7.78. The summed E-state index contributed by atoms with van der Waals surface area (Å²) in [5.41, 5.74) is 11.3. The maximum Gasteiger partial charge on any atom is 0.143 e. The lowest BCUT2D eigenvalue weighted by molar-refractivity contribution is 0.265. The minimum atomic E-state index is 0.527. The van der Waals surface area contributed by atoms with Gasteiger partial charge in [-0.25, -0.2) is 15.0 Å². The lowest BCUT2D eigenvalue weighted by Crippen LogP contribution is -2.29. The van der Waals surface area contributed by atoms with Crippen molar-refractivity contribution in [3.63, 3.8) is 0 Å². The number of hydrogen-bond donors (Lipinski definition) is 1. The molecule has 0 unspecified atom stereocenters. The number of nitrogens with two attached hydrogens (primary N) is 1. The Hall–Kier alpha value is -3.25. The molecular weight excluding hydrogens is 384 g/mol. The minimum absolute atomic E-state index is 0.527. The molecule has 3 aromatic heterocycles. The highest BCUT2D eigenvalue weighted by atomic mass is 15.2. The lowest BCUT2D eigenvalue weighted by atomic mass is 10.0. The van der Waals surface area contributed by atoms with E-state index in [1.165, 1.54) is 0 Å². The van der Waals surface area contributed by atoms with E-state index in [0.29, 0.717) is 5.82 Å². The van der Waals surface area contributed by atoms with E-state index in [-0.39, 0.29) is 0 Å². The van der Waals surface area contributed by atoms with E-state index in [0.717, 1.165) is 72.6 Å². The van der Waals surface area contributed by atoms with Crippen LogP contribution in [0.5, 0.6) is 0 Å². The van der Waals surface area contributed by atoms with Gasteiger partial charge in [-0.2, -0.15) is 0 Å². The van der Waals surface area contributed by atoms with Crippen LogP contribution < -0.4 is 5.73 Å². The summed E-state index contributed by atoms with van der Waals surface area (Å²) in [6, 6.07) is 16.4.